The lowest BCUT2D eigenvalue weighted by molar-refractivity contribution is 0.627. The molecule has 2 heteroatoms. The van der Waals surface area contributed by atoms with Crippen molar-refractivity contribution in [1.29, 1.82) is 0 Å². The molecule has 0 N–H and O–H groups in total. The molecule has 0 heterocycles. The molecule has 0 aromatic heterocycles. The molecule has 0 radical (unpaired) electrons. The molecule has 0 nitrogen and oxygen atoms in total. The summed E-state index contributed by atoms with van der Waals surface area (Å²) in [5.41, 5.74) is 10.9. The first-order chi connectivity index (χ1) is 30.6. The van der Waals surface area contributed by atoms with Gasteiger partial charge in [-0.3, -0.25) is 0 Å². The molecule has 0 amide bonds. The summed E-state index contributed by atoms with van der Waals surface area (Å²) in [6, 6.07) is 67.5. The molecule has 13 aromatic carbocycles. The van der Waals surface area contributed by atoms with E-state index in [9.17, 15) is 4.39 Å². The molecule has 0 unspecified atom stereocenters. The van der Waals surface area contributed by atoms with Crippen molar-refractivity contribution in [3.05, 3.63) is 206 Å². The molecule has 0 saturated heterocycles. The zero-order valence-electron chi connectivity index (χ0n) is 33.2. The van der Waals surface area contributed by atoms with Gasteiger partial charge in [0.15, 0.2) is 0 Å². The third-order valence-corrected chi connectivity index (χ3v) is 13.8. The summed E-state index contributed by atoms with van der Waals surface area (Å²) >= 11 is 0. The number of fused-ring (bicyclic) bond motifs is 11. The third-order valence-electron chi connectivity index (χ3n) is 13.8. The van der Waals surface area contributed by atoms with Gasteiger partial charge in [-0.2, -0.15) is 0 Å². The summed E-state index contributed by atoms with van der Waals surface area (Å²) in [7, 11) is 0. The van der Waals surface area contributed by atoms with E-state index in [1.807, 2.05) is 24.3 Å². The van der Waals surface area contributed by atoms with Crippen LogP contribution in [-0.4, -0.2) is 0 Å². The molecule has 1 aliphatic rings. The van der Waals surface area contributed by atoms with Crippen molar-refractivity contribution in [3.8, 4) is 55.6 Å². The lowest BCUT2D eigenvalue weighted by Gasteiger charge is -2.22. The van der Waals surface area contributed by atoms with Crippen molar-refractivity contribution < 1.29 is 8.78 Å². The average molecular weight is 791 g/mol. The smallest absolute Gasteiger partial charge is 0.123 e. The Labute approximate surface area is 354 Å². The molecule has 0 fully saturated rings. The quantitative estimate of drug-likeness (QED) is 0.124. The average Bonchev–Trinajstić information content (AvgIpc) is 3.64. The van der Waals surface area contributed by atoms with E-state index in [0.29, 0.717) is 0 Å². The highest BCUT2D eigenvalue weighted by Crippen LogP contribution is 2.61. The standard InChI is InChI=1S/C60H32F2/c61-40-22-17-35(18-23-40)55-51-32-49-47-28-38-12-5-4-11-37(38)27-46(47)42-15-6-7-16-43(42)48(49)31-50(51)56(36-19-24-41(62)25-20-36)60-53-30-45(33-9-2-1-3-10-33)44-26-21-34-13-8-14-39-29-52(59(55)60)57(53)58(44)54(34)39/h1-32H. The van der Waals surface area contributed by atoms with Crippen molar-refractivity contribution in [2.75, 3.05) is 0 Å². The molecule has 0 saturated carbocycles. The molecular weight excluding hydrogens is 759 g/mol. The lowest BCUT2D eigenvalue weighted by Crippen LogP contribution is -1.95. The van der Waals surface area contributed by atoms with Crippen LogP contribution in [0.5, 0.6) is 0 Å². The molecule has 286 valence electrons. The summed E-state index contributed by atoms with van der Waals surface area (Å²) in [5.74, 6) is -0.552. The summed E-state index contributed by atoms with van der Waals surface area (Å²) in [6.07, 6.45) is 0. The van der Waals surface area contributed by atoms with Crippen LogP contribution in [0.1, 0.15) is 0 Å². The van der Waals surface area contributed by atoms with Crippen LogP contribution < -0.4 is 0 Å². The molecule has 0 bridgehead atoms. The normalized spacial score (nSPS) is 12.4. The minimum Gasteiger partial charge on any atom is -0.207 e. The molecule has 13 aromatic rings. The van der Waals surface area contributed by atoms with Gasteiger partial charge < -0.3 is 0 Å². The zero-order valence-corrected chi connectivity index (χ0v) is 33.2. The van der Waals surface area contributed by atoms with Gasteiger partial charge in [-0.1, -0.05) is 133 Å². The highest BCUT2D eigenvalue weighted by molar-refractivity contribution is 6.38. The van der Waals surface area contributed by atoms with Crippen LogP contribution in [0, 0.1) is 11.6 Å². The van der Waals surface area contributed by atoms with E-state index in [2.05, 4.69) is 146 Å². The second kappa shape index (κ2) is 12.3. The molecule has 0 aliphatic heterocycles. The van der Waals surface area contributed by atoms with Crippen molar-refractivity contribution in [2.24, 2.45) is 0 Å². The van der Waals surface area contributed by atoms with Gasteiger partial charge in [0, 0.05) is 0 Å². The fraction of sp³-hybridized carbons (Fsp3) is 0. The van der Waals surface area contributed by atoms with Crippen LogP contribution in [-0.2, 0) is 0 Å². The van der Waals surface area contributed by atoms with E-state index in [0.717, 1.165) is 71.6 Å². The monoisotopic (exact) mass is 790 g/mol. The van der Waals surface area contributed by atoms with Gasteiger partial charge in [-0.25, -0.2) is 8.78 Å². The molecule has 0 spiro atoms. The zero-order chi connectivity index (χ0) is 40.8. The maximum Gasteiger partial charge on any atom is 0.123 e. The second-order valence-electron chi connectivity index (χ2n) is 17.0. The van der Waals surface area contributed by atoms with Crippen LogP contribution in [0.25, 0.3) is 142 Å². The third kappa shape index (κ3) is 4.53. The molecule has 62 heavy (non-hydrogen) atoms. The Kier molecular flexibility index (Phi) is 6.72. The van der Waals surface area contributed by atoms with Gasteiger partial charge in [-0.15, -0.1) is 0 Å². The Bertz CT molecular complexity index is 4070. The number of benzene rings is 13. The second-order valence-corrected chi connectivity index (χ2v) is 17.0. The van der Waals surface area contributed by atoms with Gasteiger partial charge in [-0.05, 0) is 202 Å². The van der Waals surface area contributed by atoms with Crippen molar-refractivity contribution >= 4 is 86.2 Å². The fourth-order valence-corrected chi connectivity index (χ4v) is 11.2. The highest BCUT2D eigenvalue weighted by Gasteiger charge is 2.34. The van der Waals surface area contributed by atoms with E-state index in [-0.39, 0.29) is 11.6 Å². The van der Waals surface area contributed by atoms with Crippen molar-refractivity contribution in [3.63, 3.8) is 0 Å². The van der Waals surface area contributed by atoms with E-state index in [1.165, 1.54) is 70.2 Å². The van der Waals surface area contributed by atoms with Gasteiger partial charge in [0.25, 0.3) is 0 Å². The van der Waals surface area contributed by atoms with Crippen LogP contribution in [0.3, 0.4) is 0 Å². The predicted molar refractivity (Wildman–Crippen MR) is 258 cm³/mol. The fourth-order valence-electron chi connectivity index (χ4n) is 11.2. The summed E-state index contributed by atoms with van der Waals surface area (Å²) in [4.78, 5) is 0. The first kappa shape index (κ1) is 33.8. The Morgan fingerprint density at radius 2 is 0.726 bits per heavy atom. The number of halogens is 2. The first-order valence-electron chi connectivity index (χ1n) is 21.2. The van der Waals surface area contributed by atoms with Gasteiger partial charge >= 0.3 is 0 Å². The van der Waals surface area contributed by atoms with Gasteiger partial charge in [0.05, 0.1) is 0 Å². The summed E-state index contributed by atoms with van der Waals surface area (Å²) in [5, 5.41) is 18.9. The van der Waals surface area contributed by atoms with E-state index < -0.39 is 0 Å². The van der Waals surface area contributed by atoms with E-state index >= 15 is 4.39 Å². The Hall–Kier alpha value is -7.94. The SMILES string of the molecule is Fc1ccc(-c2c3c(c(-c4ccc(F)cc4)c4cc5c6cc7ccccc7cc6c6ccccc6c5cc24)-c2cc4cccc5ccc6c(-c7ccccc7)cc-3c2c6c54)cc1. The van der Waals surface area contributed by atoms with E-state index in [1.54, 1.807) is 24.3 Å². The predicted octanol–water partition coefficient (Wildman–Crippen LogP) is 17.3. The van der Waals surface area contributed by atoms with Crippen LogP contribution in [0.15, 0.2) is 194 Å². The maximum atomic E-state index is 15.0. The highest BCUT2D eigenvalue weighted by atomic mass is 19.1. The first-order valence-corrected chi connectivity index (χ1v) is 21.2. The molecular formula is C60H32F2. The van der Waals surface area contributed by atoms with Crippen molar-refractivity contribution in [2.45, 2.75) is 0 Å². The largest absolute Gasteiger partial charge is 0.207 e. The number of rotatable bonds is 3. The van der Waals surface area contributed by atoms with E-state index in [4.69, 9.17) is 0 Å². The number of hydrogen-bond donors (Lipinski definition) is 0. The maximum absolute atomic E-state index is 15.0. The summed E-state index contributed by atoms with van der Waals surface area (Å²) in [6.45, 7) is 0. The Morgan fingerprint density at radius 3 is 1.35 bits per heavy atom. The minimum absolute atomic E-state index is 0.276. The Morgan fingerprint density at radius 1 is 0.226 bits per heavy atom. The minimum atomic E-state index is -0.276. The lowest BCUT2D eigenvalue weighted by atomic mass is 9.80. The molecule has 1 aliphatic carbocycles. The molecule has 0 atom stereocenters. The topological polar surface area (TPSA) is 0 Å². The van der Waals surface area contributed by atoms with Crippen LogP contribution in [0.4, 0.5) is 8.78 Å². The van der Waals surface area contributed by atoms with Crippen LogP contribution >= 0.6 is 0 Å². The van der Waals surface area contributed by atoms with Crippen LogP contribution in [0.2, 0.25) is 0 Å². The molecule has 14 rings (SSSR count). The van der Waals surface area contributed by atoms with Gasteiger partial charge in [0.1, 0.15) is 11.6 Å². The summed E-state index contributed by atoms with van der Waals surface area (Å²) < 4.78 is 30.0. The van der Waals surface area contributed by atoms with Crippen molar-refractivity contribution in [1.82, 2.24) is 0 Å². The Balaban J connectivity index is 1.26. The number of hydrogen-bond acceptors (Lipinski definition) is 0. The van der Waals surface area contributed by atoms with Gasteiger partial charge in [0.2, 0.25) is 0 Å².